The van der Waals surface area contributed by atoms with Crippen molar-refractivity contribution in [1.82, 2.24) is 0 Å². The Kier molecular flexibility index (Phi) is 7.40. The SMILES string of the molecule is C=C1C(=O)O[C@@H]2/C=C(\C)CC/C=C(\C)CC[C@@H]12.CC1=C(C=O)C(C)(C)CC=C1. The van der Waals surface area contributed by atoms with Gasteiger partial charge in [-0.2, -0.15) is 0 Å². The smallest absolute Gasteiger partial charge is 0.334 e. The Bertz CT molecular complexity index is 759. The Morgan fingerprint density at radius 3 is 2.50 bits per heavy atom. The number of carbonyl (C=O) groups excluding carboxylic acids is 2. The molecule has 3 aliphatic rings. The fourth-order valence-electron chi connectivity index (χ4n) is 4.03. The second kappa shape index (κ2) is 9.36. The maximum Gasteiger partial charge on any atom is 0.334 e. The molecule has 0 saturated carbocycles. The fraction of sp³-hybridized carbons (Fsp3) is 0.520. The molecule has 3 rings (SSSR count). The van der Waals surface area contributed by atoms with E-state index in [4.69, 9.17) is 4.74 Å². The van der Waals surface area contributed by atoms with E-state index in [0.717, 1.165) is 49.5 Å². The van der Waals surface area contributed by atoms with Gasteiger partial charge in [-0.25, -0.2) is 4.79 Å². The van der Waals surface area contributed by atoms with Gasteiger partial charge in [-0.3, -0.25) is 4.79 Å². The first-order valence-electron chi connectivity index (χ1n) is 10.2. The van der Waals surface area contributed by atoms with E-state index >= 15 is 0 Å². The zero-order chi connectivity index (χ0) is 20.9. The molecule has 2 atom stereocenters. The van der Waals surface area contributed by atoms with Crippen LogP contribution in [0.3, 0.4) is 0 Å². The predicted octanol–water partition coefficient (Wildman–Crippen LogP) is 6.04. The summed E-state index contributed by atoms with van der Waals surface area (Å²) in [7, 11) is 0. The number of allylic oxidation sites excluding steroid dienone is 7. The van der Waals surface area contributed by atoms with Crippen LogP contribution in [-0.2, 0) is 14.3 Å². The quantitative estimate of drug-likeness (QED) is 0.240. The van der Waals surface area contributed by atoms with Gasteiger partial charge in [0, 0.05) is 17.1 Å². The van der Waals surface area contributed by atoms with E-state index in [1.165, 1.54) is 11.1 Å². The van der Waals surface area contributed by atoms with Crippen molar-refractivity contribution >= 4 is 12.3 Å². The van der Waals surface area contributed by atoms with Crippen molar-refractivity contribution in [2.45, 2.75) is 72.8 Å². The molecule has 152 valence electrons. The van der Waals surface area contributed by atoms with Crippen LogP contribution in [0.4, 0.5) is 0 Å². The molecule has 28 heavy (non-hydrogen) atoms. The van der Waals surface area contributed by atoms with Crippen molar-refractivity contribution in [3.63, 3.8) is 0 Å². The Morgan fingerprint density at radius 2 is 1.89 bits per heavy atom. The normalized spacial score (nSPS) is 30.8. The van der Waals surface area contributed by atoms with E-state index in [2.05, 4.69) is 52.5 Å². The van der Waals surface area contributed by atoms with Gasteiger partial charge in [-0.1, -0.05) is 49.8 Å². The highest BCUT2D eigenvalue weighted by molar-refractivity contribution is 5.91. The molecule has 0 spiro atoms. The van der Waals surface area contributed by atoms with Gasteiger partial charge in [0.25, 0.3) is 0 Å². The summed E-state index contributed by atoms with van der Waals surface area (Å²) in [6.45, 7) is 14.3. The molecule has 0 aromatic heterocycles. The summed E-state index contributed by atoms with van der Waals surface area (Å²) >= 11 is 0. The van der Waals surface area contributed by atoms with Crippen molar-refractivity contribution in [3.05, 3.63) is 58.7 Å². The number of esters is 1. The highest BCUT2D eigenvalue weighted by Gasteiger charge is 2.36. The third kappa shape index (κ3) is 5.43. The van der Waals surface area contributed by atoms with Gasteiger partial charge >= 0.3 is 5.97 Å². The molecule has 3 heteroatoms. The molecule has 0 unspecified atom stereocenters. The molecular formula is C25H34O3. The summed E-state index contributed by atoms with van der Waals surface area (Å²) in [6, 6.07) is 0. The Balaban J connectivity index is 0.000000221. The van der Waals surface area contributed by atoms with E-state index in [1.54, 1.807) is 0 Å². The van der Waals surface area contributed by atoms with E-state index in [1.807, 2.05) is 13.0 Å². The maximum atomic E-state index is 11.6. The molecule has 0 radical (unpaired) electrons. The molecular weight excluding hydrogens is 348 g/mol. The summed E-state index contributed by atoms with van der Waals surface area (Å²) in [5, 5.41) is 0. The molecule has 1 fully saturated rings. The number of hydrogen-bond donors (Lipinski definition) is 0. The highest BCUT2D eigenvalue weighted by atomic mass is 16.5. The minimum Gasteiger partial charge on any atom is -0.454 e. The first-order chi connectivity index (χ1) is 13.2. The number of rotatable bonds is 1. The number of aldehydes is 1. The molecule has 0 aromatic carbocycles. The number of carbonyl (C=O) groups is 2. The van der Waals surface area contributed by atoms with Gasteiger partial charge in [-0.15, -0.1) is 0 Å². The highest BCUT2D eigenvalue weighted by Crippen LogP contribution is 2.35. The zero-order valence-electron chi connectivity index (χ0n) is 18.0. The average molecular weight is 383 g/mol. The van der Waals surface area contributed by atoms with E-state index in [-0.39, 0.29) is 23.4 Å². The van der Waals surface area contributed by atoms with Gasteiger partial charge in [0.2, 0.25) is 0 Å². The van der Waals surface area contributed by atoms with Crippen molar-refractivity contribution in [3.8, 4) is 0 Å². The molecule has 1 aliphatic heterocycles. The van der Waals surface area contributed by atoms with Crippen LogP contribution in [-0.4, -0.2) is 18.4 Å². The third-order valence-electron chi connectivity index (χ3n) is 5.95. The Labute approximate surface area is 169 Å². The minimum atomic E-state index is -0.218. The van der Waals surface area contributed by atoms with Gasteiger partial charge in [-0.05, 0) is 69.9 Å². The summed E-state index contributed by atoms with van der Waals surface area (Å²) in [5.74, 6) is -0.0520. The molecule has 0 amide bonds. The lowest BCUT2D eigenvalue weighted by Gasteiger charge is -2.27. The van der Waals surface area contributed by atoms with Gasteiger partial charge in [0.05, 0.1) is 0 Å². The third-order valence-corrected chi connectivity index (χ3v) is 5.95. The molecule has 1 heterocycles. The van der Waals surface area contributed by atoms with Crippen molar-refractivity contribution in [2.75, 3.05) is 0 Å². The van der Waals surface area contributed by atoms with E-state index in [0.29, 0.717) is 5.57 Å². The Hall–Kier alpha value is -2.16. The maximum absolute atomic E-state index is 11.6. The number of ether oxygens (including phenoxy) is 1. The van der Waals surface area contributed by atoms with Crippen LogP contribution >= 0.6 is 0 Å². The van der Waals surface area contributed by atoms with Crippen LogP contribution in [0.1, 0.15) is 66.7 Å². The fourth-order valence-corrected chi connectivity index (χ4v) is 4.03. The molecule has 3 nitrogen and oxygen atoms in total. The zero-order valence-corrected chi connectivity index (χ0v) is 18.0. The van der Waals surface area contributed by atoms with Crippen molar-refractivity contribution in [2.24, 2.45) is 11.3 Å². The second-order valence-electron chi connectivity index (χ2n) is 8.85. The summed E-state index contributed by atoms with van der Waals surface area (Å²) < 4.78 is 5.38. The van der Waals surface area contributed by atoms with Crippen LogP contribution in [0.5, 0.6) is 0 Å². The Morgan fingerprint density at radius 1 is 1.18 bits per heavy atom. The molecule has 0 N–H and O–H groups in total. The standard InChI is InChI=1S/C15H20O2.C10H14O/c1-10-5-4-6-11(2)9-14-13(8-7-10)12(3)15(16)17-14;1-8-5-4-6-10(2,3)9(8)7-11/h5,9,13-14H,3-4,6-8H2,1-2H3;4-5,7H,6H2,1-3H3/b10-5+,11-9+;/t13-,14+;/m0./s1. The minimum absolute atomic E-state index is 0.0422. The lowest BCUT2D eigenvalue weighted by atomic mass is 9.76. The van der Waals surface area contributed by atoms with Crippen LogP contribution in [0.15, 0.2) is 58.7 Å². The topological polar surface area (TPSA) is 43.4 Å². The molecule has 0 bridgehead atoms. The lowest BCUT2D eigenvalue weighted by molar-refractivity contribution is -0.137. The van der Waals surface area contributed by atoms with E-state index < -0.39 is 0 Å². The molecule has 1 saturated heterocycles. The monoisotopic (exact) mass is 382 g/mol. The number of fused-ring (bicyclic) bond motifs is 1. The second-order valence-corrected chi connectivity index (χ2v) is 8.85. The van der Waals surface area contributed by atoms with Gasteiger partial charge in [0.1, 0.15) is 12.4 Å². The van der Waals surface area contributed by atoms with E-state index in [9.17, 15) is 9.59 Å². The van der Waals surface area contributed by atoms with Gasteiger partial charge < -0.3 is 4.74 Å². The van der Waals surface area contributed by atoms with Crippen molar-refractivity contribution in [1.29, 1.82) is 0 Å². The van der Waals surface area contributed by atoms with Crippen LogP contribution < -0.4 is 0 Å². The van der Waals surface area contributed by atoms with Gasteiger partial charge in [0.15, 0.2) is 0 Å². The summed E-state index contributed by atoms with van der Waals surface area (Å²) in [4.78, 5) is 22.3. The number of hydrogen-bond acceptors (Lipinski definition) is 3. The summed E-state index contributed by atoms with van der Waals surface area (Å²) in [5.41, 5.74) is 5.45. The van der Waals surface area contributed by atoms with Crippen LogP contribution in [0.25, 0.3) is 0 Å². The van der Waals surface area contributed by atoms with Crippen molar-refractivity contribution < 1.29 is 14.3 Å². The molecule has 2 aliphatic carbocycles. The predicted molar refractivity (Wildman–Crippen MR) is 115 cm³/mol. The first kappa shape index (κ1) is 22.1. The summed E-state index contributed by atoms with van der Waals surface area (Å²) in [6.07, 6.45) is 14.6. The average Bonchev–Trinajstić information content (AvgIpc) is 2.86. The first-order valence-corrected chi connectivity index (χ1v) is 10.2. The lowest BCUT2D eigenvalue weighted by Crippen LogP contribution is -2.18. The van der Waals surface area contributed by atoms with Crippen LogP contribution in [0, 0.1) is 11.3 Å². The largest absolute Gasteiger partial charge is 0.454 e. The van der Waals surface area contributed by atoms with Crippen LogP contribution in [0.2, 0.25) is 0 Å². The molecule has 0 aromatic rings.